The van der Waals surface area contributed by atoms with Gasteiger partial charge in [0.1, 0.15) is 4.21 Å². The minimum absolute atomic E-state index is 0.261. The molecule has 2 bridgehead atoms. The van der Waals surface area contributed by atoms with Crippen molar-refractivity contribution in [2.75, 3.05) is 19.6 Å². The van der Waals surface area contributed by atoms with Gasteiger partial charge in [0.2, 0.25) is 10.0 Å². The van der Waals surface area contributed by atoms with Crippen LogP contribution >= 0.6 is 11.3 Å². The van der Waals surface area contributed by atoms with Gasteiger partial charge in [-0.3, -0.25) is 9.58 Å². The predicted octanol–water partition coefficient (Wildman–Crippen LogP) is 3.30. The van der Waals surface area contributed by atoms with E-state index in [0.717, 1.165) is 37.2 Å². The number of fused-ring (bicyclic) bond motifs is 3. The van der Waals surface area contributed by atoms with E-state index >= 15 is 0 Å². The molecule has 1 aromatic carbocycles. The average Bonchev–Trinajstić information content (AvgIpc) is 3.44. The lowest BCUT2D eigenvalue weighted by molar-refractivity contribution is 0.0306. The van der Waals surface area contributed by atoms with Gasteiger partial charge in [0.05, 0.1) is 5.69 Å². The van der Waals surface area contributed by atoms with Crippen LogP contribution in [0.25, 0.3) is 11.3 Å². The first-order valence-corrected chi connectivity index (χ1v) is 12.7. The normalized spacial score (nSPS) is 26.2. The van der Waals surface area contributed by atoms with Gasteiger partial charge < -0.3 is 0 Å². The molecule has 3 aliphatic rings. The van der Waals surface area contributed by atoms with Crippen molar-refractivity contribution in [2.24, 2.45) is 13.0 Å². The lowest BCUT2D eigenvalue weighted by Crippen LogP contribution is -2.56. The molecule has 3 aromatic rings. The van der Waals surface area contributed by atoms with Crippen molar-refractivity contribution in [1.29, 1.82) is 0 Å². The van der Waals surface area contributed by atoms with Gasteiger partial charge in [0, 0.05) is 43.4 Å². The zero-order valence-electron chi connectivity index (χ0n) is 16.9. The molecule has 6 nitrogen and oxygen atoms in total. The molecule has 4 atom stereocenters. The number of benzene rings is 1. The standard InChI is InChI=1S/C22H26N4O2S2/c1-25-21(13-20(24-25)16-6-3-2-4-7-16)19-15-26-10-9-17(19)12-18(26)14-23-30(27,28)22-8-5-11-29-22/h2-8,11,13,17-19,23H,9-10,12,14-15H2,1H3/t17-,18+,19-/m0/s1. The molecule has 2 aromatic heterocycles. The number of sulfonamides is 1. The summed E-state index contributed by atoms with van der Waals surface area (Å²) in [5.74, 6) is 1.00. The van der Waals surface area contributed by atoms with Crippen LogP contribution in [0.3, 0.4) is 0 Å². The Morgan fingerprint density at radius 3 is 2.73 bits per heavy atom. The van der Waals surface area contributed by atoms with E-state index in [1.54, 1.807) is 17.5 Å². The Morgan fingerprint density at radius 2 is 2.03 bits per heavy atom. The Morgan fingerprint density at radius 1 is 1.20 bits per heavy atom. The topological polar surface area (TPSA) is 67.2 Å². The monoisotopic (exact) mass is 442 g/mol. The smallest absolute Gasteiger partial charge is 0.250 e. The van der Waals surface area contributed by atoms with Gasteiger partial charge in [-0.25, -0.2) is 13.1 Å². The van der Waals surface area contributed by atoms with Crippen LogP contribution in [0.2, 0.25) is 0 Å². The van der Waals surface area contributed by atoms with Crippen LogP contribution in [0.15, 0.2) is 58.1 Å². The molecular weight excluding hydrogens is 416 g/mol. The van der Waals surface area contributed by atoms with E-state index in [1.807, 2.05) is 29.9 Å². The summed E-state index contributed by atoms with van der Waals surface area (Å²) in [7, 11) is -1.37. The number of hydrogen-bond acceptors (Lipinski definition) is 5. The Balaban J connectivity index is 1.29. The largest absolute Gasteiger partial charge is 0.298 e. The highest BCUT2D eigenvalue weighted by Gasteiger charge is 2.42. The molecule has 8 heteroatoms. The highest BCUT2D eigenvalue weighted by atomic mass is 32.2. The van der Waals surface area contributed by atoms with Gasteiger partial charge >= 0.3 is 0 Å². The number of aromatic nitrogens is 2. The van der Waals surface area contributed by atoms with Crippen LogP contribution < -0.4 is 4.72 Å². The van der Waals surface area contributed by atoms with Crippen molar-refractivity contribution < 1.29 is 8.42 Å². The van der Waals surface area contributed by atoms with E-state index in [9.17, 15) is 8.42 Å². The minimum atomic E-state index is -3.41. The maximum Gasteiger partial charge on any atom is 0.250 e. The van der Waals surface area contributed by atoms with E-state index in [-0.39, 0.29) is 6.04 Å². The quantitative estimate of drug-likeness (QED) is 0.636. The second-order valence-electron chi connectivity index (χ2n) is 8.27. The second kappa shape index (κ2) is 7.92. The number of rotatable bonds is 6. The fourth-order valence-corrected chi connectivity index (χ4v) is 7.07. The number of nitrogens with zero attached hydrogens (tertiary/aromatic N) is 3. The predicted molar refractivity (Wildman–Crippen MR) is 119 cm³/mol. The molecule has 0 amide bonds. The SMILES string of the molecule is Cn1nc(-c2ccccc2)cc1[C@H]1CN2CC[C@H]1C[C@@H]2CNS(=O)(=O)c1cccs1. The third-order valence-electron chi connectivity index (χ3n) is 6.51. The summed E-state index contributed by atoms with van der Waals surface area (Å²) in [4.78, 5) is 2.46. The van der Waals surface area contributed by atoms with E-state index in [4.69, 9.17) is 5.10 Å². The average molecular weight is 443 g/mol. The first-order chi connectivity index (χ1) is 14.5. The van der Waals surface area contributed by atoms with Crippen LogP contribution in [0.5, 0.6) is 0 Å². The Bertz CT molecular complexity index is 1110. The Kier molecular flexibility index (Phi) is 5.26. The Hall–Kier alpha value is -2.00. The minimum Gasteiger partial charge on any atom is -0.298 e. The molecule has 6 rings (SSSR count). The van der Waals surface area contributed by atoms with Gasteiger partial charge in [0.25, 0.3) is 0 Å². The van der Waals surface area contributed by atoms with Crippen LogP contribution in [-0.4, -0.2) is 48.8 Å². The van der Waals surface area contributed by atoms with Crippen molar-refractivity contribution in [3.63, 3.8) is 0 Å². The van der Waals surface area contributed by atoms with Crippen LogP contribution in [-0.2, 0) is 17.1 Å². The van der Waals surface area contributed by atoms with Gasteiger partial charge in [0.15, 0.2) is 0 Å². The highest BCUT2D eigenvalue weighted by molar-refractivity contribution is 7.91. The third-order valence-corrected chi connectivity index (χ3v) is 9.33. The lowest BCUT2D eigenvalue weighted by Gasteiger charge is -2.49. The summed E-state index contributed by atoms with van der Waals surface area (Å²) in [6.07, 6.45) is 2.17. The molecule has 30 heavy (non-hydrogen) atoms. The maximum atomic E-state index is 12.5. The van der Waals surface area contributed by atoms with Crippen molar-refractivity contribution in [3.05, 3.63) is 59.6 Å². The van der Waals surface area contributed by atoms with Crippen molar-refractivity contribution in [1.82, 2.24) is 19.4 Å². The lowest BCUT2D eigenvalue weighted by atomic mass is 9.74. The van der Waals surface area contributed by atoms with Crippen molar-refractivity contribution >= 4 is 21.4 Å². The zero-order chi connectivity index (χ0) is 20.7. The van der Waals surface area contributed by atoms with Crippen LogP contribution in [0, 0.1) is 5.92 Å². The number of piperidine rings is 3. The summed E-state index contributed by atoms with van der Waals surface area (Å²) >= 11 is 1.26. The molecule has 0 spiro atoms. The molecular formula is C22H26N4O2S2. The molecule has 3 saturated heterocycles. The highest BCUT2D eigenvalue weighted by Crippen LogP contribution is 2.42. The molecule has 3 aliphatic heterocycles. The number of hydrogen-bond donors (Lipinski definition) is 1. The molecule has 158 valence electrons. The summed E-state index contributed by atoms with van der Waals surface area (Å²) in [5, 5.41) is 6.56. The molecule has 0 saturated carbocycles. The number of nitrogens with one attached hydrogen (secondary N) is 1. The maximum absolute atomic E-state index is 12.5. The van der Waals surface area contributed by atoms with Gasteiger partial charge in [-0.2, -0.15) is 5.10 Å². The van der Waals surface area contributed by atoms with Gasteiger partial charge in [-0.15, -0.1) is 11.3 Å². The van der Waals surface area contributed by atoms with Crippen LogP contribution in [0.1, 0.15) is 24.5 Å². The van der Waals surface area contributed by atoms with E-state index in [0.29, 0.717) is 22.6 Å². The summed E-state index contributed by atoms with van der Waals surface area (Å²) < 4.78 is 30.2. The van der Waals surface area contributed by atoms with E-state index in [1.165, 1.54) is 17.0 Å². The molecule has 1 unspecified atom stereocenters. The first-order valence-electron chi connectivity index (χ1n) is 10.4. The Labute approximate surface area is 181 Å². The molecule has 3 fully saturated rings. The number of thiophene rings is 1. The van der Waals surface area contributed by atoms with Gasteiger partial charge in [-0.05, 0) is 42.8 Å². The van der Waals surface area contributed by atoms with Crippen molar-refractivity contribution in [2.45, 2.75) is 29.0 Å². The second-order valence-corrected chi connectivity index (χ2v) is 11.2. The summed E-state index contributed by atoms with van der Waals surface area (Å²) in [6.45, 7) is 2.48. The molecule has 0 radical (unpaired) electrons. The molecule has 1 N–H and O–H groups in total. The summed E-state index contributed by atoms with van der Waals surface area (Å²) in [5.41, 5.74) is 3.44. The molecule has 5 heterocycles. The summed E-state index contributed by atoms with van der Waals surface area (Å²) in [6, 6.07) is 16.2. The van der Waals surface area contributed by atoms with E-state index < -0.39 is 10.0 Å². The third kappa shape index (κ3) is 3.73. The van der Waals surface area contributed by atoms with E-state index in [2.05, 4.69) is 27.8 Å². The first kappa shape index (κ1) is 19.9. The fourth-order valence-electron chi connectivity index (χ4n) is 4.96. The van der Waals surface area contributed by atoms with Crippen LogP contribution in [0.4, 0.5) is 0 Å². The molecule has 0 aliphatic carbocycles. The van der Waals surface area contributed by atoms with Crippen molar-refractivity contribution in [3.8, 4) is 11.3 Å². The zero-order valence-corrected chi connectivity index (χ0v) is 18.6. The van der Waals surface area contributed by atoms with Gasteiger partial charge in [-0.1, -0.05) is 36.4 Å². The fraction of sp³-hybridized carbons (Fsp3) is 0.409. The number of aryl methyl sites for hydroxylation is 1.